The summed E-state index contributed by atoms with van der Waals surface area (Å²) in [5.74, 6) is 0.890. The molecule has 0 fully saturated rings. The van der Waals surface area contributed by atoms with Gasteiger partial charge in [0.15, 0.2) is 0 Å². The second kappa shape index (κ2) is 7.97. The molecule has 118 valence electrons. The topological polar surface area (TPSA) is 41.5 Å². The predicted molar refractivity (Wildman–Crippen MR) is 90.2 cm³/mol. The first kappa shape index (κ1) is 16.5. The van der Waals surface area contributed by atoms with Crippen LogP contribution in [0.2, 0.25) is 0 Å². The summed E-state index contributed by atoms with van der Waals surface area (Å²) in [6.07, 6.45) is 0.683. The molecule has 2 rings (SSSR count). The zero-order valence-electron chi connectivity index (χ0n) is 13.5. The largest absolute Gasteiger partial charge is 0.496 e. The molecule has 3 nitrogen and oxygen atoms in total. The van der Waals surface area contributed by atoms with Gasteiger partial charge in [-0.2, -0.15) is 0 Å². The Labute approximate surface area is 133 Å². The normalized spacial score (nSPS) is 13.6. The number of aliphatic hydroxyl groups excluding tert-OH is 1. The first-order valence-electron chi connectivity index (χ1n) is 7.72. The number of aryl methyl sites for hydroxylation is 1. The van der Waals surface area contributed by atoms with E-state index in [-0.39, 0.29) is 18.7 Å². The highest BCUT2D eigenvalue weighted by molar-refractivity contribution is 5.39. The third-order valence-corrected chi connectivity index (χ3v) is 3.92. The number of hydrogen-bond acceptors (Lipinski definition) is 3. The molecule has 0 saturated heterocycles. The minimum atomic E-state index is 0.117. The molecule has 1 unspecified atom stereocenters. The van der Waals surface area contributed by atoms with E-state index in [1.165, 1.54) is 11.1 Å². The van der Waals surface area contributed by atoms with Crippen molar-refractivity contribution in [1.29, 1.82) is 0 Å². The van der Waals surface area contributed by atoms with Gasteiger partial charge in [-0.3, -0.25) is 0 Å². The van der Waals surface area contributed by atoms with Crippen LogP contribution in [0.15, 0.2) is 48.5 Å². The van der Waals surface area contributed by atoms with Gasteiger partial charge in [0, 0.05) is 24.3 Å². The highest BCUT2D eigenvalue weighted by atomic mass is 16.5. The molecule has 0 bridgehead atoms. The standard InChI is InChI=1S/C19H25NO2/c1-14-9-10-19(22-3)17(13-14)15(2)20-18(11-12-21)16-7-5-4-6-8-16/h4-10,13,15,18,20-21H,11-12H2,1-3H3/t15?,18-/m1/s1. The second-order valence-corrected chi connectivity index (χ2v) is 5.61. The van der Waals surface area contributed by atoms with E-state index in [2.05, 4.69) is 43.4 Å². The summed E-state index contributed by atoms with van der Waals surface area (Å²) in [4.78, 5) is 0. The van der Waals surface area contributed by atoms with Gasteiger partial charge in [0.2, 0.25) is 0 Å². The third-order valence-electron chi connectivity index (χ3n) is 3.92. The Balaban J connectivity index is 2.21. The summed E-state index contributed by atoms with van der Waals surface area (Å²) >= 11 is 0. The Morgan fingerprint density at radius 3 is 2.50 bits per heavy atom. The number of aliphatic hydroxyl groups is 1. The number of nitrogens with one attached hydrogen (secondary N) is 1. The van der Waals surface area contributed by atoms with Gasteiger partial charge >= 0.3 is 0 Å². The molecule has 22 heavy (non-hydrogen) atoms. The zero-order chi connectivity index (χ0) is 15.9. The van der Waals surface area contributed by atoms with Gasteiger partial charge in [-0.25, -0.2) is 0 Å². The van der Waals surface area contributed by atoms with Gasteiger partial charge in [0.25, 0.3) is 0 Å². The molecule has 0 amide bonds. The van der Waals surface area contributed by atoms with Crippen LogP contribution < -0.4 is 10.1 Å². The van der Waals surface area contributed by atoms with Crippen LogP contribution in [0.4, 0.5) is 0 Å². The SMILES string of the molecule is COc1ccc(C)cc1C(C)N[C@H](CCO)c1ccccc1. The lowest BCUT2D eigenvalue weighted by molar-refractivity contribution is 0.259. The minimum absolute atomic E-state index is 0.117. The summed E-state index contributed by atoms with van der Waals surface area (Å²) in [6.45, 7) is 4.37. The Morgan fingerprint density at radius 1 is 1.14 bits per heavy atom. The zero-order valence-corrected chi connectivity index (χ0v) is 13.5. The molecule has 0 radical (unpaired) electrons. The van der Waals surface area contributed by atoms with Gasteiger partial charge < -0.3 is 15.2 Å². The van der Waals surface area contributed by atoms with Crippen molar-refractivity contribution in [1.82, 2.24) is 5.32 Å². The lowest BCUT2D eigenvalue weighted by atomic mass is 9.99. The van der Waals surface area contributed by atoms with Crippen LogP contribution >= 0.6 is 0 Å². The van der Waals surface area contributed by atoms with Gasteiger partial charge in [-0.1, -0.05) is 48.0 Å². The van der Waals surface area contributed by atoms with Gasteiger partial charge in [-0.05, 0) is 31.9 Å². The molecular formula is C19H25NO2. The molecule has 0 heterocycles. The molecule has 0 saturated carbocycles. The summed E-state index contributed by atoms with van der Waals surface area (Å²) in [5.41, 5.74) is 3.54. The molecule has 0 spiro atoms. The van der Waals surface area contributed by atoms with Crippen molar-refractivity contribution in [2.45, 2.75) is 32.4 Å². The fourth-order valence-corrected chi connectivity index (χ4v) is 2.74. The van der Waals surface area contributed by atoms with Crippen molar-refractivity contribution in [3.63, 3.8) is 0 Å². The lowest BCUT2D eigenvalue weighted by Gasteiger charge is -2.25. The number of methoxy groups -OCH3 is 1. The van der Waals surface area contributed by atoms with Crippen molar-refractivity contribution in [2.24, 2.45) is 0 Å². The van der Waals surface area contributed by atoms with Crippen molar-refractivity contribution >= 4 is 0 Å². The molecule has 2 N–H and O–H groups in total. The number of hydrogen-bond donors (Lipinski definition) is 2. The van der Waals surface area contributed by atoms with Crippen molar-refractivity contribution in [3.8, 4) is 5.75 Å². The highest BCUT2D eigenvalue weighted by Crippen LogP contribution is 2.29. The van der Waals surface area contributed by atoms with Crippen LogP contribution in [0.5, 0.6) is 5.75 Å². The van der Waals surface area contributed by atoms with Crippen LogP contribution in [-0.4, -0.2) is 18.8 Å². The summed E-state index contributed by atoms with van der Waals surface area (Å²) in [5, 5.41) is 13.0. The fourth-order valence-electron chi connectivity index (χ4n) is 2.74. The monoisotopic (exact) mass is 299 g/mol. The van der Waals surface area contributed by atoms with E-state index in [1.807, 2.05) is 24.3 Å². The average Bonchev–Trinajstić information content (AvgIpc) is 2.55. The summed E-state index contributed by atoms with van der Waals surface area (Å²) in [7, 11) is 1.70. The first-order valence-corrected chi connectivity index (χ1v) is 7.72. The Kier molecular flexibility index (Phi) is 5.99. The molecule has 0 aliphatic heterocycles. The Bertz CT molecular complexity index is 583. The fraction of sp³-hybridized carbons (Fsp3) is 0.368. The quantitative estimate of drug-likeness (QED) is 0.817. The van der Waals surface area contributed by atoms with Crippen LogP contribution in [0.25, 0.3) is 0 Å². The maximum absolute atomic E-state index is 9.36. The lowest BCUT2D eigenvalue weighted by Crippen LogP contribution is -2.26. The van der Waals surface area contributed by atoms with E-state index in [1.54, 1.807) is 7.11 Å². The molecular weight excluding hydrogens is 274 g/mol. The third kappa shape index (κ3) is 4.09. The first-order chi connectivity index (χ1) is 10.7. The highest BCUT2D eigenvalue weighted by Gasteiger charge is 2.17. The van der Waals surface area contributed by atoms with Gasteiger partial charge in [0.1, 0.15) is 5.75 Å². The predicted octanol–water partition coefficient (Wildman–Crippen LogP) is 3.78. The molecule has 3 heteroatoms. The van der Waals surface area contributed by atoms with Crippen LogP contribution in [-0.2, 0) is 0 Å². The Hall–Kier alpha value is -1.84. The smallest absolute Gasteiger partial charge is 0.123 e. The molecule has 0 aliphatic carbocycles. The van der Waals surface area contributed by atoms with Gasteiger partial charge in [-0.15, -0.1) is 0 Å². The van der Waals surface area contributed by atoms with E-state index in [0.717, 1.165) is 11.3 Å². The van der Waals surface area contributed by atoms with Crippen molar-refractivity contribution in [3.05, 3.63) is 65.2 Å². The van der Waals surface area contributed by atoms with Crippen molar-refractivity contribution < 1.29 is 9.84 Å². The van der Waals surface area contributed by atoms with Crippen LogP contribution in [0, 0.1) is 6.92 Å². The minimum Gasteiger partial charge on any atom is -0.496 e. The van der Waals surface area contributed by atoms with E-state index < -0.39 is 0 Å². The Morgan fingerprint density at radius 2 is 1.86 bits per heavy atom. The van der Waals surface area contributed by atoms with Crippen LogP contribution in [0.3, 0.4) is 0 Å². The van der Waals surface area contributed by atoms with E-state index in [4.69, 9.17) is 4.74 Å². The van der Waals surface area contributed by atoms with E-state index in [0.29, 0.717) is 6.42 Å². The van der Waals surface area contributed by atoms with E-state index >= 15 is 0 Å². The van der Waals surface area contributed by atoms with Crippen LogP contribution in [0.1, 0.15) is 42.1 Å². The summed E-state index contributed by atoms with van der Waals surface area (Å²) in [6, 6.07) is 16.7. The number of ether oxygens (including phenoxy) is 1. The maximum Gasteiger partial charge on any atom is 0.123 e. The molecule has 0 aliphatic rings. The summed E-state index contributed by atoms with van der Waals surface area (Å²) < 4.78 is 5.48. The molecule has 2 aromatic rings. The molecule has 2 atom stereocenters. The maximum atomic E-state index is 9.36. The van der Waals surface area contributed by atoms with Gasteiger partial charge in [0.05, 0.1) is 7.11 Å². The van der Waals surface area contributed by atoms with Crippen molar-refractivity contribution in [2.75, 3.05) is 13.7 Å². The average molecular weight is 299 g/mol. The van der Waals surface area contributed by atoms with E-state index in [9.17, 15) is 5.11 Å². The molecule has 0 aromatic heterocycles. The number of benzene rings is 2. The second-order valence-electron chi connectivity index (χ2n) is 5.61. The number of rotatable bonds is 7. The molecule has 2 aromatic carbocycles.